The third-order valence-corrected chi connectivity index (χ3v) is 5.46. The highest BCUT2D eigenvalue weighted by Crippen LogP contribution is 2.29. The van der Waals surface area contributed by atoms with Gasteiger partial charge in [0.15, 0.2) is 4.90 Å². The van der Waals surface area contributed by atoms with Crippen molar-refractivity contribution in [3.8, 4) is 11.5 Å². The summed E-state index contributed by atoms with van der Waals surface area (Å²) >= 11 is 0. The molecule has 0 saturated heterocycles. The largest absolute Gasteiger partial charge is 0.497 e. The zero-order chi connectivity index (χ0) is 19.6. The minimum Gasteiger partial charge on any atom is -0.497 e. The molecule has 0 amide bonds. The number of benzene rings is 1. The fourth-order valence-electron chi connectivity index (χ4n) is 2.50. The van der Waals surface area contributed by atoms with E-state index in [1.54, 1.807) is 25.1 Å². The van der Waals surface area contributed by atoms with Crippen molar-refractivity contribution in [3.63, 3.8) is 0 Å². The van der Waals surface area contributed by atoms with Gasteiger partial charge in [-0.1, -0.05) is 0 Å². The molecule has 2 rings (SSSR count). The minimum absolute atomic E-state index is 0.467. The van der Waals surface area contributed by atoms with Crippen LogP contribution in [0.2, 0.25) is 0 Å². The van der Waals surface area contributed by atoms with E-state index < -0.39 is 32.2 Å². The van der Waals surface area contributed by atoms with Gasteiger partial charge in [0.05, 0.1) is 14.2 Å². The molecule has 142 valence electrons. The van der Waals surface area contributed by atoms with E-state index in [-0.39, 0.29) is 0 Å². The van der Waals surface area contributed by atoms with Crippen LogP contribution < -0.4 is 25.4 Å². The molecule has 2 aromatic rings. The Kier molecular flexibility index (Phi) is 5.57. The Morgan fingerprint density at radius 1 is 1.12 bits per heavy atom. The summed E-state index contributed by atoms with van der Waals surface area (Å²) in [5.41, 5.74) is -0.973. The van der Waals surface area contributed by atoms with E-state index in [4.69, 9.17) is 9.47 Å². The first-order valence-electron chi connectivity index (χ1n) is 7.63. The van der Waals surface area contributed by atoms with Crippen molar-refractivity contribution in [1.29, 1.82) is 0 Å². The van der Waals surface area contributed by atoms with Crippen molar-refractivity contribution < 1.29 is 17.9 Å². The Bertz CT molecular complexity index is 1040. The molecule has 9 nitrogen and oxygen atoms in total. The highest BCUT2D eigenvalue weighted by molar-refractivity contribution is 7.89. The molecule has 1 heterocycles. The third kappa shape index (κ3) is 3.65. The first-order valence-corrected chi connectivity index (χ1v) is 9.11. The molecule has 0 aliphatic carbocycles. The van der Waals surface area contributed by atoms with Crippen LogP contribution in [0.15, 0.2) is 38.9 Å². The Labute approximate surface area is 150 Å². The Morgan fingerprint density at radius 3 is 2.35 bits per heavy atom. The van der Waals surface area contributed by atoms with E-state index in [0.29, 0.717) is 17.1 Å². The van der Waals surface area contributed by atoms with Gasteiger partial charge >= 0.3 is 5.69 Å². The molecular formula is C16H21N3O6S. The summed E-state index contributed by atoms with van der Waals surface area (Å²) in [5.74, 6) is 0.999. The molecule has 0 saturated carbocycles. The van der Waals surface area contributed by atoms with Gasteiger partial charge in [0.25, 0.3) is 5.56 Å². The second-order valence-corrected chi connectivity index (χ2v) is 7.38. The van der Waals surface area contributed by atoms with E-state index in [9.17, 15) is 18.0 Å². The van der Waals surface area contributed by atoms with Crippen molar-refractivity contribution in [2.24, 2.45) is 14.1 Å². The van der Waals surface area contributed by atoms with Crippen LogP contribution >= 0.6 is 0 Å². The molecule has 1 aromatic carbocycles. The Morgan fingerprint density at radius 2 is 1.77 bits per heavy atom. The third-order valence-electron chi connectivity index (χ3n) is 3.94. The molecule has 26 heavy (non-hydrogen) atoms. The van der Waals surface area contributed by atoms with E-state index in [0.717, 1.165) is 15.3 Å². The van der Waals surface area contributed by atoms with Crippen molar-refractivity contribution in [2.75, 3.05) is 14.2 Å². The number of rotatable bonds is 6. The van der Waals surface area contributed by atoms with E-state index in [1.165, 1.54) is 28.3 Å². The van der Waals surface area contributed by atoms with Crippen LogP contribution in [0.5, 0.6) is 11.5 Å². The van der Waals surface area contributed by atoms with Gasteiger partial charge in [0.2, 0.25) is 10.0 Å². The zero-order valence-corrected chi connectivity index (χ0v) is 16.0. The molecule has 0 aliphatic heterocycles. The van der Waals surface area contributed by atoms with Crippen LogP contribution in [-0.4, -0.2) is 31.8 Å². The maximum Gasteiger partial charge on any atom is 0.330 e. The molecule has 1 aromatic heterocycles. The molecule has 0 radical (unpaired) electrons. The van der Waals surface area contributed by atoms with Crippen LogP contribution in [0.3, 0.4) is 0 Å². The number of ether oxygens (including phenoxy) is 2. The molecule has 1 N–H and O–H groups in total. The number of hydrogen-bond acceptors (Lipinski definition) is 6. The molecule has 1 atom stereocenters. The average Bonchev–Trinajstić information content (AvgIpc) is 2.61. The van der Waals surface area contributed by atoms with Gasteiger partial charge in [-0.05, 0) is 25.1 Å². The monoisotopic (exact) mass is 383 g/mol. The van der Waals surface area contributed by atoms with E-state index >= 15 is 0 Å². The van der Waals surface area contributed by atoms with Crippen molar-refractivity contribution in [3.05, 3.63) is 50.8 Å². The maximum absolute atomic E-state index is 12.7. The predicted molar refractivity (Wildman–Crippen MR) is 95.2 cm³/mol. The molecule has 0 spiro atoms. The topological polar surface area (TPSA) is 109 Å². The van der Waals surface area contributed by atoms with Crippen LogP contribution in [0.25, 0.3) is 0 Å². The molecule has 10 heteroatoms. The summed E-state index contributed by atoms with van der Waals surface area (Å²) in [6.07, 6.45) is 1.00. The summed E-state index contributed by atoms with van der Waals surface area (Å²) in [4.78, 5) is 23.4. The van der Waals surface area contributed by atoms with Crippen molar-refractivity contribution in [1.82, 2.24) is 13.9 Å². The summed E-state index contributed by atoms with van der Waals surface area (Å²) in [6.45, 7) is 1.61. The lowest BCUT2D eigenvalue weighted by molar-refractivity contribution is 0.395. The normalized spacial score (nSPS) is 12.7. The maximum atomic E-state index is 12.7. The second-order valence-electron chi connectivity index (χ2n) is 5.70. The number of sulfonamides is 1. The summed E-state index contributed by atoms with van der Waals surface area (Å²) < 4.78 is 40.0. The summed E-state index contributed by atoms with van der Waals surface area (Å²) in [5, 5.41) is 0. The van der Waals surface area contributed by atoms with Crippen molar-refractivity contribution in [2.45, 2.75) is 17.9 Å². The molecule has 0 fully saturated rings. The highest BCUT2D eigenvalue weighted by Gasteiger charge is 2.25. The second kappa shape index (κ2) is 7.34. The van der Waals surface area contributed by atoms with Crippen LogP contribution in [0.4, 0.5) is 0 Å². The average molecular weight is 383 g/mol. The highest BCUT2D eigenvalue weighted by atomic mass is 32.2. The molecule has 0 bridgehead atoms. The number of aromatic nitrogens is 2. The SMILES string of the molecule is COc1ccc(OC)c([C@@H](C)NS(=O)(=O)c2cn(C)c(=O)n(C)c2=O)c1. The fraction of sp³-hybridized carbons (Fsp3) is 0.375. The molecule has 0 unspecified atom stereocenters. The van der Waals surface area contributed by atoms with Crippen LogP contribution in [0, 0.1) is 0 Å². The lowest BCUT2D eigenvalue weighted by Gasteiger charge is -2.18. The van der Waals surface area contributed by atoms with Gasteiger partial charge in [-0.25, -0.2) is 17.9 Å². The quantitative estimate of drug-likeness (QED) is 0.760. The zero-order valence-electron chi connectivity index (χ0n) is 15.1. The minimum atomic E-state index is -4.18. The Hall–Kier alpha value is -2.59. The molecule has 0 aliphatic rings. The van der Waals surface area contributed by atoms with E-state index in [2.05, 4.69) is 4.72 Å². The van der Waals surface area contributed by atoms with Gasteiger partial charge in [-0.15, -0.1) is 0 Å². The van der Waals surface area contributed by atoms with Gasteiger partial charge in [0.1, 0.15) is 11.5 Å². The van der Waals surface area contributed by atoms with Crippen LogP contribution in [0.1, 0.15) is 18.5 Å². The number of nitrogens with one attached hydrogen (secondary N) is 1. The Balaban J connectivity index is 2.48. The molecular weight excluding hydrogens is 362 g/mol. The predicted octanol–water partition coefficient (Wildman–Crippen LogP) is 0.141. The smallest absolute Gasteiger partial charge is 0.330 e. The van der Waals surface area contributed by atoms with E-state index in [1.807, 2.05) is 0 Å². The lowest BCUT2D eigenvalue weighted by Crippen LogP contribution is -2.41. The fourth-order valence-corrected chi connectivity index (χ4v) is 3.88. The van der Waals surface area contributed by atoms with Gasteiger partial charge in [-0.3, -0.25) is 9.36 Å². The number of hydrogen-bond donors (Lipinski definition) is 1. The van der Waals surface area contributed by atoms with Crippen LogP contribution in [-0.2, 0) is 24.1 Å². The van der Waals surface area contributed by atoms with Gasteiger partial charge in [-0.2, -0.15) is 0 Å². The van der Waals surface area contributed by atoms with Gasteiger partial charge < -0.3 is 14.0 Å². The van der Waals surface area contributed by atoms with Gasteiger partial charge in [0, 0.05) is 31.9 Å². The summed E-state index contributed by atoms with van der Waals surface area (Å²) in [7, 11) is 1.37. The first kappa shape index (κ1) is 19.7. The lowest BCUT2D eigenvalue weighted by atomic mass is 10.1. The van der Waals surface area contributed by atoms with Crippen molar-refractivity contribution >= 4 is 10.0 Å². The number of nitrogens with zero attached hydrogens (tertiary/aromatic N) is 2. The number of methoxy groups -OCH3 is 2. The summed E-state index contributed by atoms with van der Waals surface area (Å²) in [6, 6.07) is 4.27. The number of aryl methyl sites for hydroxylation is 1. The first-order chi connectivity index (χ1) is 12.1. The standard InChI is InChI=1S/C16H21N3O6S/c1-10(12-8-11(24-4)6-7-13(12)25-5)17-26(22,23)14-9-18(2)16(21)19(3)15(14)20/h6-10,17H,1-5H3/t10-/m1/s1.